The van der Waals surface area contributed by atoms with Gasteiger partial charge in [-0.1, -0.05) is 35.9 Å². The summed E-state index contributed by atoms with van der Waals surface area (Å²) in [7, 11) is 0. The van der Waals surface area contributed by atoms with Gasteiger partial charge in [0.1, 0.15) is 5.69 Å². The van der Waals surface area contributed by atoms with Crippen LogP contribution in [0.1, 0.15) is 27.0 Å². The van der Waals surface area contributed by atoms with Crippen LogP contribution >= 0.6 is 11.3 Å². The second kappa shape index (κ2) is 8.42. The normalized spacial score (nSPS) is 10.7. The highest BCUT2D eigenvalue weighted by Gasteiger charge is 2.13. The molecule has 0 aliphatic rings. The Balaban J connectivity index is 1.48. The van der Waals surface area contributed by atoms with Crippen LogP contribution in [0.3, 0.4) is 0 Å². The number of rotatable bonds is 5. The Hall–Kier alpha value is -3.58. The molecule has 0 aliphatic heterocycles. The molecular weight excluding hydrogens is 396 g/mol. The third-order valence-corrected chi connectivity index (χ3v) is 5.47. The number of benzene rings is 1. The Bertz CT molecular complexity index is 1260. The highest BCUT2D eigenvalue weighted by molar-refractivity contribution is 7.14. The summed E-state index contributed by atoms with van der Waals surface area (Å²) in [4.78, 5) is 33.8. The molecule has 0 radical (unpaired) electrons. The number of pyridine rings is 2. The fraction of sp³-hybridized carbons (Fsp3) is 0.130. The van der Waals surface area contributed by atoms with Crippen LogP contribution in [-0.2, 0) is 6.54 Å². The fourth-order valence-electron chi connectivity index (χ4n) is 3.03. The molecule has 6 nitrogen and oxygen atoms in total. The van der Waals surface area contributed by atoms with E-state index in [2.05, 4.69) is 15.3 Å². The predicted molar refractivity (Wildman–Crippen MR) is 119 cm³/mol. The van der Waals surface area contributed by atoms with Gasteiger partial charge in [0.15, 0.2) is 5.13 Å². The number of nitrogens with zero attached hydrogens (tertiary/aromatic N) is 3. The van der Waals surface area contributed by atoms with Crippen LogP contribution in [0, 0.1) is 13.8 Å². The van der Waals surface area contributed by atoms with Crippen molar-refractivity contribution in [3.8, 4) is 11.4 Å². The SMILES string of the molecule is Cc1ccc(Cn2ccc(C(=O)Nc3nc(-c4ncccc4C)cs3)cc2=O)cc1. The molecule has 4 aromatic rings. The predicted octanol–water partition coefficient (Wildman–Crippen LogP) is 4.28. The molecule has 150 valence electrons. The first kappa shape index (κ1) is 19.7. The monoisotopic (exact) mass is 416 g/mol. The van der Waals surface area contributed by atoms with E-state index in [9.17, 15) is 9.59 Å². The molecule has 0 bridgehead atoms. The van der Waals surface area contributed by atoms with E-state index in [0.717, 1.165) is 16.8 Å². The van der Waals surface area contributed by atoms with E-state index < -0.39 is 0 Å². The van der Waals surface area contributed by atoms with Gasteiger partial charge in [0.05, 0.1) is 12.2 Å². The minimum atomic E-state index is -0.367. The average Bonchev–Trinajstić information content (AvgIpc) is 3.19. The number of carbonyl (C=O) groups excluding carboxylic acids is 1. The third kappa shape index (κ3) is 4.36. The largest absolute Gasteiger partial charge is 0.311 e. The van der Waals surface area contributed by atoms with Gasteiger partial charge in [0, 0.05) is 29.4 Å². The van der Waals surface area contributed by atoms with Crippen LogP contribution in [0.5, 0.6) is 0 Å². The van der Waals surface area contributed by atoms with E-state index in [1.165, 1.54) is 23.0 Å². The van der Waals surface area contributed by atoms with Crippen molar-refractivity contribution in [1.29, 1.82) is 0 Å². The van der Waals surface area contributed by atoms with Crippen molar-refractivity contribution in [2.45, 2.75) is 20.4 Å². The van der Waals surface area contributed by atoms with Crippen LogP contribution < -0.4 is 10.9 Å². The lowest BCUT2D eigenvalue weighted by Gasteiger charge is -2.08. The Morgan fingerprint density at radius 1 is 1.13 bits per heavy atom. The Morgan fingerprint density at radius 2 is 1.93 bits per heavy atom. The molecule has 1 amide bonds. The quantitative estimate of drug-likeness (QED) is 0.527. The number of nitrogens with one attached hydrogen (secondary N) is 1. The molecule has 30 heavy (non-hydrogen) atoms. The lowest BCUT2D eigenvalue weighted by Crippen LogP contribution is -2.22. The molecule has 3 aromatic heterocycles. The van der Waals surface area contributed by atoms with E-state index in [1.54, 1.807) is 23.0 Å². The summed E-state index contributed by atoms with van der Waals surface area (Å²) in [5.41, 5.74) is 4.77. The van der Waals surface area contributed by atoms with Crippen molar-refractivity contribution in [2.24, 2.45) is 0 Å². The maximum Gasteiger partial charge on any atom is 0.257 e. The standard InChI is InChI=1S/C23H20N4O2S/c1-15-5-7-17(8-6-15)13-27-11-9-18(12-20(27)28)22(29)26-23-25-19(14-30-23)21-16(2)4-3-10-24-21/h3-12,14H,13H2,1-2H3,(H,25,26,29). The van der Waals surface area contributed by atoms with Crippen LogP contribution in [0.25, 0.3) is 11.4 Å². The van der Waals surface area contributed by atoms with Crippen LogP contribution in [0.15, 0.2) is 71.1 Å². The van der Waals surface area contributed by atoms with Crippen molar-refractivity contribution < 1.29 is 4.79 Å². The van der Waals surface area contributed by atoms with E-state index in [4.69, 9.17) is 0 Å². The van der Waals surface area contributed by atoms with Gasteiger partial charge in [0.25, 0.3) is 11.5 Å². The summed E-state index contributed by atoms with van der Waals surface area (Å²) in [6, 6.07) is 14.8. The number of carbonyl (C=O) groups is 1. The minimum absolute atomic E-state index is 0.229. The topological polar surface area (TPSA) is 76.9 Å². The first-order valence-electron chi connectivity index (χ1n) is 9.44. The minimum Gasteiger partial charge on any atom is -0.311 e. The molecule has 1 aromatic carbocycles. The van der Waals surface area contributed by atoms with Gasteiger partial charge in [-0.3, -0.25) is 19.9 Å². The van der Waals surface area contributed by atoms with Crippen LogP contribution in [-0.4, -0.2) is 20.4 Å². The molecular formula is C23H20N4O2S. The van der Waals surface area contributed by atoms with Gasteiger partial charge in [-0.25, -0.2) is 4.98 Å². The highest BCUT2D eigenvalue weighted by Crippen LogP contribution is 2.25. The zero-order chi connectivity index (χ0) is 21.1. The molecule has 0 atom stereocenters. The summed E-state index contributed by atoms with van der Waals surface area (Å²) in [6.07, 6.45) is 3.35. The average molecular weight is 417 g/mol. The number of aromatic nitrogens is 3. The molecule has 0 saturated carbocycles. The summed E-state index contributed by atoms with van der Waals surface area (Å²) >= 11 is 1.32. The second-order valence-corrected chi connectivity index (χ2v) is 7.89. The van der Waals surface area contributed by atoms with E-state index in [-0.39, 0.29) is 11.5 Å². The number of thiazole rings is 1. The van der Waals surface area contributed by atoms with Gasteiger partial charge < -0.3 is 4.57 Å². The van der Waals surface area contributed by atoms with E-state index >= 15 is 0 Å². The van der Waals surface area contributed by atoms with E-state index in [1.807, 2.05) is 55.6 Å². The lowest BCUT2D eigenvalue weighted by molar-refractivity contribution is 0.102. The van der Waals surface area contributed by atoms with Crippen molar-refractivity contribution >= 4 is 22.4 Å². The van der Waals surface area contributed by atoms with Gasteiger partial charge in [-0.15, -0.1) is 11.3 Å². The number of hydrogen-bond acceptors (Lipinski definition) is 5. The number of hydrogen-bond donors (Lipinski definition) is 1. The van der Waals surface area contributed by atoms with Crippen molar-refractivity contribution in [1.82, 2.24) is 14.5 Å². The third-order valence-electron chi connectivity index (χ3n) is 4.71. The van der Waals surface area contributed by atoms with Crippen molar-refractivity contribution in [2.75, 3.05) is 5.32 Å². The van der Waals surface area contributed by atoms with Gasteiger partial charge in [-0.2, -0.15) is 0 Å². The molecule has 0 saturated heterocycles. The number of anilines is 1. The molecule has 0 aliphatic carbocycles. The Labute approximate surface area is 177 Å². The Kier molecular flexibility index (Phi) is 5.54. The first-order valence-corrected chi connectivity index (χ1v) is 10.3. The van der Waals surface area contributed by atoms with Gasteiger partial charge in [-0.05, 0) is 37.1 Å². The highest BCUT2D eigenvalue weighted by atomic mass is 32.1. The first-order chi connectivity index (χ1) is 14.5. The maximum absolute atomic E-state index is 12.6. The van der Waals surface area contributed by atoms with Crippen LogP contribution in [0.2, 0.25) is 0 Å². The molecule has 4 rings (SSSR count). The fourth-order valence-corrected chi connectivity index (χ4v) is 3.72. The second-order valence-electron chi connectivity index (χ2n) is 7.03. The van der Waals surface area contributed by atoms with E-state index in [0.29, 0.717) is 22.9 Å². The summed E-state index contributed by atoms with van der Waals surface area (Å²) < 4.78 is 1.58. The zero-order valence-corrected chi connectivity index (χ0v) is 17.4. The molecule has 7 heteroatoms. The molecule has 3 heterocycles. The van der Waals surface area contributed by atoms with Crippen molar-refractivity contribution in [3.05, 3.63) is 98.9 Å². The zero-order valence-electron chi connectivity index (χ0n) is 16.6. The lowest BCUT2D eigenvalue weighted by atomic mass is 10.1. The molecule has 1 N–H and O–H groups in total. The number of aryl methyl sites for hydroxylation is 2. The van der Waals surface area contributed by atoms with Crippen LogP contribution in [0.4, 0.5) is 5.13 Å². The molecule has 0 fully saturated rings. The smallest absolute Gasteiger partial charge is 0.257 e. The van der Waals surface area contributed by atoms with Crippen molar-refractivity contribution in [3.63, 3.8) is 0 Å². The number of amides is 1. The summed E-state index contributed by atoms with van der Waals surface area (Å²) in [5.74, 6) is -0.367. The summed E-state index contributed by atoms with van der Waals surface area (Å²) in [6.45, 7) is 4.44. The molecule has 0 spiro atoms. The molecule has 0 unspecified atom stereocenters. The summed E-state index contributed by atoms with van der Waals surface area (Å²) in [5, 5.41) is 5.08. The Morgan fingerprint density at radius 3 is 2.67 bits per heavy atom. The maximum atomic E-state index is 12.6. The van der Waals surface area contributed by atoms with Gasteiger partial charge in [0.2, 0.25) is 0 Å². The van der Waals surface area contributed by atoms with Gasteiger partial charge >= 0.3 is 0 Å².